The van der Waals surface area contributed by atoms with Gasteiger partial charge in [-0.3, -0.25) is 0 Å². The molecule has 1 heterocycles. The lowest BCUT2D eigenvalue weighted by Gasteiger charge is -2.22. The van der Waals surface area contributed by atoms with E-state index in [9.17, 15) is 0 Å². The molecule has 0 saturated heterocycles. The SMILES string of the molecule is CCc1nc(NC2CCCC2)c(-c2ccccc2)c(NC2CCCC2)n1. The Morgan fingerprint density at radius 3 is 1.77 bits per heavy atom. The minimum Gasteiger partial charge on any atom is -0.367 e. The predicted molar refractivity (Wildman–Crippen MR) is 109 cm³/mol. The van der Waals surface area contributed by atoms with Crippen LogP contribution in [-0.2, 0) is 6.42 Å². The third-order valence-electron chi connectivity index (χ3n) is 5.73. The van der Waals surface area contributed by atoms with Crippen LogP contribution in [0.3, 0.4) is 0 Å². The predicted octanol–water partition coefficient (Wildman–Crippen LogP) is 5.42. The normalized spacial score (nSPS) is 18.3. The van der Waals surface area contributed by atoms with Crippen LogP contribution >= 0.6 is 0 Å². The molecule has 2 N–H and O–H groups in total. The molecule has 4 rings (SSSR count). The molecule has 1 aromatic heterocycles. The molecule has 2 fully saturated rings. The summed E-state index contributed by atoms with van der Waals surface area (Å²) in [4.78, 5) is 9.81. The smallest absolute Gasteiger partial charge is 0.140 e. The lowest BCUT2D eigenvalue weighted by atomic mass is 10.1. The first-order chi connectivity index (χ1) is 12.8. The van der Waals surface area contributed by atoms with Crippen LogP contribution in [0.5, 0.6) is 0 Å². The second kappa shape index (κ2) is 8.07. The summed E-state index contributed by atoms with van der Waals surface area (Å²) in [6.45, 7) is 2.14. The second-order valence-corrected chi connectivity index (χ2v) is 7.68. The first-order valence-electron chi connectivity index (χ1n) is 10.3. The van der Waals surface area contributed by atoms with Gasteiger partial charge in [0.25, 0.3) is 0 Å². The Bertz CT molecular complexity index is 677. The lowest BCUT2D eigenvalue weighted by molar-refractivity contribution is 0.739. The van der Waals surface area contributed by atoms with Gasteiger partial charge in [0.2, 0.25) is 0 Å². The van der Waals surface area contributed by atoms with E-state index in [-0.39, 0.29) is 0 Å². The van der Waals surface area contributed by atoms with Gasteiger partial charge in [-0.1, -0.05) is 62.9 Å². The van der Waals surface area contributed by atoms with Crippen LogP contribution in [-0.4, -0.2) is 22.1 Å². The van der Waals surface area contributed by atoms with Crippen LogP contribution in [0.4, 0.5) is 11.6 Å². The molecule has 0 bridgehead atoms. The average molecular weight is 351 g/mol. The van der Waals surface area contributed by atoms with Gasteiger partial charge in [0, 0.05) is 18.5 Å². The molecule has 0 unspecified atom stereocenters. The number of nitrogens with one attached hydrogen (secondary N) is 2. The van der Waals surface area contributed by atoms with Gasteiger partial charge >= 0.3 is 0 Å². The number of nitrogens with zero attached hydrogens (tertiary/aromatic N) is 2. The van der Waals surface area contributed by atoms with Gasteiger partial charge in [0.15, 0.2) is 0 Å². The average Bonchev–Trinajstić information content (AvgIpc) is 3.36. The van der Waals surface area contributed by atoms with Crippen molar-refractivity contribution in [2.75, 3.05) is 10.6 Å². The maximum atomic E-state index is 4.90. The molecule has 0 radical (unpaired) electrons. The first-order valence-corrected chi connectivity index (χ1v) is 10.3. The van der Waals surface area contributed by atoms with Crippen molar-refractivity contribution in [1.82, 2.24) is 9.97 Å². The van der Waals surface area contributed by atoms with Crippen molar-refractivity contribution in [3.63, 3.8) is 0 Å². The van der Waals surface area contributed by atoms with Gasteiger partial charge in [0.05, 0.1) is 5.56 Å². The van der Waals surface area contributed by atoms with Crippen LogP contribution in [0.25, 0.3) is 11.1 Å². The number of aromatic nitrogens is 2. The first kappa shape index (κ1) is 17.3. The number of hydrogen-bond acceptors (Lipinski definition) is 4. The zero-order chi connectivity index (χ0) is 17.8. The summed E-state index contributed by atoms with van der Waals surface area (Å²) in [5.41, 5.74) is 2.33. The van der Waals surface area contributed by atoms with Crippen molar-refractivity contribution in [2.24, 2.45) is 0 Å². The Balaban J connectivity index is 1.76. The molecule has 26 heavy (non-hydrogen) atoms. The molecule has 0 atom stereocenters. The highest BCUT2D eigenvalue weighted by atomic mass is 15.1. The van der Waals surface area contributed by atoms with Gasteiger partial charge in [-0.05, 0) is 31.2 Å². The number of rotatable bonds is 6. The van der Waals surface area contributed by atoms with Crippen molar-refractivity contribution in [3.8, 4) is 11.1 Å². The molecular weight excluding hydrogens is 320 g/mol. The molecule has 0 spiro atoms. The summed E-state index contributed by atoms with van der Waals surface area (Å²) in [5.74, 6) is 2.94. The highest BCUT2D eigenvalue weighted by Crippen LogP contribution is 2.36. The number of hydrogen-bond donors (Lipinski definition) is 2. The molecule has 4 nitrogen and oxygen atoms in total. The van der Waals surface area contributed by atoms with Gasteiger partial charge < -0.3 is 10.6 Å². The lowest BCUT2D eigenvalue weighted by Crippen LogP contribution is -2.21. The topological polar surface area (TPSA) is 49.8 Å². The Hall–Kier alpha value is -2.10. The van der Waals surface area contributed by atoms with E-state index >= 15 is 0 Å². The third-order valence-corrected chi connectivity index (χ3v) is 5.73. The molecule has 138 valence electrons. The fraction of sp³-hybridized carbons (Fsp3) is 0.545. The van der Waals surface area contributed by atoms with E-state index < -0.39 is 0 Å². The van der Waals surface area contributed by atoms with Crippen molar-refractivity contribution in [2.45, 2.75) is 76.8 Å². The van der Waals surface area contributed by atoms with Crippen molar-refractivity contribution in [1.29, 1.82) is 0 Å². The summed E-state index contributed by atoms with van der Waals surface area (Å²) in [6, 6.07) is 11.7. The van der Waals surface area contributed by atoms with Crippen LogP contribution in [0.2, 0.25) is 0 Å². The summed E-state index contributed by atoms with van der Waals surface area (Å²) < 4.78 is 0. The van der Waals surface area contributed by atoms with E-state index in [1.165, 1.54) is 56.9 Å². The quantitative estimate of drug-likeness (QED) is 0.731. The maximum absolute atomic E-state index is 4.90. The fourth-order valence-corrected chi connectivity index (χ4v) is 4.28. The largest absolute Gasteiger partial charge is 0.367 e. The van der Waals surface area contributed by atoms with E-state index in [0.29, 0.717) is 12.1 Å². The fourth-order valence-electron chi connectivity index (χ4n) is 4.28. The van der Waals surface area contributed by atoms with E-state index in [0.717, 1.165) is 29.4 Å². The summed E-state index contributed by atoms with van der Waals surface area (Å²) in [7, 11) is 0. The second-order valence-electron chi connectivity index (χ2n) is 7.68. The monoisotopic (exact) mass is 350 g/mol. The molecular formula is C22H30N4. The molecule has 1 aromatic carbocycles. The van der Waals surface area contributed by atoms with E-state index in [2.05, 4.69) is 47.9 Å². The molecule has 4 heteroatoms. The van der Waals surface area contributed by atoms with Crippen molar-refractivity contribution in [3.05, 3.63) is 36.2 Å². The maximum Gasteiger partial charge on any atom is 0.140 e. The molecule has 0 amide bonds. The Labute approximate surface area is 156 Å². The van der Waals surface area contributed by atoms with Crippen molar-refractivity contribution >= 4 is 11.6 Å². The summed E-state index contributed by atoms with van der Waals surface area (Å²) in [6.07, 6.45) is 11.1. The molecule has 2 aliphatic rings. The van der Waals surface area contributed by atoms with E-state index in [1.54, 1.807) is 0 Å². The standard InChI is InChI=1S/C22H30N4/c1-2-19-25-21(23-17-12-6-7-13-17)20(16-10-4-3-5-11-16)22(26-19)24-18-14-8-9-15-18/h3-5,10-11,17-18H,2,6-9,12-15H2,1H3,(H2,23,24,25,26). The number of benzene rings is 1. The number of anilines is 2. The summed E-state index contributed by atoms with van der Waals surface area (Å²) >= 11 is 0. The van der Waals surface area contributed by atoms with Gasteiger partial charge in [-0.25, -0.2) is 9.97 Å². The molecule has 2 aliphatic carbocycles. The molecule has 2 aromatic rings. The third kappa shape index (κ3) is 3.84. The highest BCUT2D eigenvalue weighted by molar-refractivity contribution is 5.85. The zero-order valence-corrected chi connectivity index (χ0v) is 15.8. The van der Waals surface area contributed by atoms with E-state index in [1.807, 2.05) is 0 Å². The van der Waals surface area contributed by atoms with Crippen LogP contribution in [0.1, 0.15) is 64.1 Å². The zero-order valence-electron chi connectivity index (χ0n) is 15.8. The molecule has 2 saturated carbocycles. The van der Waals surface area contributed by atoms with Crippen LogP contribution in [0.15, 0.2) is 30.3 Å². The van der Waals surface area contributed by atoms with Gasteiger partial charge in [-0.2, -0.15) is 0 Å². The van der Waals surface area contributed by atoms with Crippen molar-refractivity contribution < 1.29 is 0 Å². The van der Waals surface area contributed by atoms with Crippen LogP contribution < -0.4 is 10.6 Å². The number of aryl methyl sites for hydroxylation is 1. The molecule has 0 aliphatic heterocycles. The Morgan fingerprint density at radius 2 is 1.31 bits per heavy atom. The minimum atomic E-state index is 0.538. The summed E-state index contributed by atoms with van der Waals surface area (Å²) in [5, 5.41) is 7.51. The van der Waals surface area contributed by atoms with E-state index in [4.69, 9.17) is 9.97 Å². The van der Waals surface area contributed by atoms with Crippen LogP contribution in [0, 0.1) is 0 Å². The minimum absolute atomic E-state index is 0.538. The van der Waals surface area contributed by atoms with Gasteiger partial charge in [-0.15, -0.1) is 0 Å². The Kier molecular flexibility index (Phi) is 5.37. The van der Waals surface area contributed by atoms with Gasteiger partial charge in [0.1, 0.15) is 17.5 Å². The Morgan fingerprint density at radius 1 is 0.808 bits per heavy atom. The highest BCUT2D eigenvalue weighted by Gasteiger charge is 2.23.